The van der Waals surface area contributed by atoms with Crippen LogP contribution in [0.4, 0.5) is 8.78 Å². The van der Waals surface area contributed by atoms with Gasteiger partial charge in [-0.05, 0) is 49.1 Å². The van der Waals surface area contributed by atoms with E-state index >= 15 is 0 Å². The van der Waals surface area contributed by atoms with Gasteiger partial charge in [0, 0.05) is 5.41 Å². The minimum atomic E-state index is -0.429. The standard InChI is InChI=1S/C21H23F2N3O2/c1-12-14(6-4-7-15(12)22)17-10-27-19(24-17)26-20-25-18(11-28-20)21(3)9-5-8-16(23)13(21)2/h4-8,17-18H,9-11H2,1-3H3,(H,24,25,26)/t17-,18-,21?/m1/s1. The SMILES string of the molecule is CC1=C(F)C=CCC1(C)[C@H]1COC(NC2=N[C@@H](c3cccc(F)c3C)CO2)=N1. The van der Waals surface area contributed by atoms with Crippen molar-refractivity contribution in [2.45, 2.75) is 39.3 Å². The van der Waals surface area contributed by atoms with Crippen LogP contribution in [-0.2, 0) is 9.47 Å². The van der Waals surface area contributed by atoms with Crippen LogP contribution in [0.3, 0.4) is 0 Å². The van der Waals surface area contributed by atoms with Gasteiger partial charge in [-0.25, -0.2) is 18.8 Å². The summed E-state index contributed by atoms with van der Waals surface area (Å²) in [6.45, 7) is 6.21. The lowest BCUT2D eigenvalue weighted by Gasteiger charge is -2.35. The Morgan fingerprint density at radius 1 is 1.11 bits per heavy atom. The summed E-state index contributed by atoms with van der Waals surface area (Å²) in [5.74, 6) is -0.465. The summed E-state index contributed by atoms with van der Waals surface area (Å²) < 4.78 is 39.1. The molecular formula is C21H23F2N3O2. The van der Waals surface area contributed by atoms with E-state index in [1.807, 2.05) is 19.1 Å². The lowest BCUT2D eigenvalue weighted by molar-refractivity contribution is 0.225. The highest BCUT2D eigenvalue weighted by atomic mass is 19.1. The second-order valence-corrected chi connectivity index (χ2v) is 7.60. The Morgan fingerprint density at radius 2 is 1.86 bits per heavy atom. The Kier molecular flexibility index (Phi) is 4.69. The first-order valence-electron chi connectivity index (χ1n) is 9.35. The van der Waals surface area contributed by atoms with Crippen LogP contribution in [0.5, 0.6) is 0 Å². The zero-order chi connectivity index (χ0) is 19.9. The van der Waals surface area contributed by atoms with Crippen LogP contribution in [-0.4, -0.2) is 31.3 Å². The van der Waals surface area contributed by atoms with Gasteiger partial charge in [-0.15, -0.1) is 0 Å². The number of hydrogen-bond donors (Lipinski definition) is 1. The average molecular weight is 387 g/mol. The molecule has 1 unspecified atom stereocenters. The van der Waals surface area contributed by atoms with Crippen molar-refractivity contribution in [2.75, 3.05) is 13.2 Å². The molecule has 28 heavy (non-hydrogen) atoms. The van der Waals surface area contributed by atoms with Crippen molar-refractivity contribution in [3.8, 4) is 0 Å². The van der Waals surface area contributed by atoms with Gasteiger partial charge >= 0.3 is 0 Å². The molecule has 1 aromatic carbocycles. The van der Waals surface area contributed by atoms with Gasteiger partial charge in [0.25, 0.3) is 12.0 Å². The molecule has 1 aliphatic carbocycles. The molecule has 0 bridgehead atoms. The van der Waals surface area contributed by atoms with Crippen molar-refractivity contribution in [2.24, 2.45) is 15.4 Å². The minimum absolute atomic E-state index is 0.200. The number of amidine groups is 2. The first-order chi connectivity index (χ1) is 13.4. The fourth-order valence-corrected chi connectivity index (χ4v) is 3.79. The van der Waals surface area contributed by atoms with Crippen LogP contribution in [0, 0.1) is 18.2 Å². The number of benzene rings is 1. The molecule has 0 saturated heterocycles. The van der Waals surface area contributed by atoms with Crippen molar-refractivity contribution in [3.05, 3.63) is 58.7 Å². The Morgan fingerprint density at radius 3 is 2.68 bits per heavy atom. The van der Waals surface area contributed by atoms with E-state index in [0.717, 1.165) is 5.56 Å². The van der Waals surface area contributed by atoms with Gasteiger partial charge in [0.15, 0.2) is 0 Å². The predicted octanol–water partition coefficient (Wildman–Crippen LogP) is 4.12. The fraction of sp³-hybridized carbons (Fsp3) is 0.429. The lowest BCUT2D eigenvalue weighted by atomic mass is 9.71. The van der Waals surface area contributed by atoms with Gasteiger partial charge in [-0.2, -0.15) is 0 Å². The van der Waals surface area contributed by atoms with E-state index in [0.29, 0.717) is 42.8 Å². The monoisotopic (exact) mass is 387 g/mol. The highest BCUT2D eigenvalue weighted by molar-refractivity contribution is 5.94. The van der Waals surface area contributed by atoms with Crippen LogP contribution in [0.15, 0.2) is 51.7 Å². The number of ether oxygens (including phenoxy) is 2. The van der Waals surface area contributed by atoms with Crippen LogP contribution in [0.25, 0.3) is 0 Å². The van der Waals surface area contributed by atoms with Gasteiger partial charge in [0.05, 0.1) is 6.04 Å². The summed E-state index contributed by atoms with van der Waals surface area (Å²) in [5, 5.41) is 2.96. The second-order valence-electron chi connectivity index (χ2n) is 7.60. The van der Waals surface area contributed by atoms with E-state index in [1.54, 1.807) is 19.9 Å². The topological polar surface area (TPSA) is 55.2 Å². The van der Waals surface area contributed by atoms with Gasteiger partial charge in [0.1, 0.15) is 30.9 Å². The summed E-state index contributed by atoms with van der Waals surface area (Å²) in [4.78, 5) is 9.07. The minimum Gasteiger partial charge on any atom is -0.463 e. The molecule has 2 heterocycles. The molecule has 148 valence electrons. The van der Waals surface area contributed by atoms with Crippen LogP contribution in [0.2, 0.25) is 0 Å². The smallest absolute Gasteiger partial charge is 0.293 e. The molecule has 0 spiro atoms. The Balaban J connectivity index is 1.48. The number of aliphatic imine (C=N–C) groups is 2. The van der Waals surface area contributed by atoms with E-state index in [4.69, 9.17) is 9.47 Å². The van der Waals surface area contributed by atoms with Crippen LogP contribution >= 0.6 is 0 Å². The molecule has 7 heteroatoms. The molecule has 5 nitrogen and oxygen atoms in total. The number of hydrogen-bond acceptors (Lipinski definition) is 5. The van der Waals surface area contributed by atoms with Gasteiger partial charge in [-0.1, -0.05) is 25.1 Å². The molecule has 0 saturated carbocycles. The molecule has 3 atom stereocenters. The maximum Gasteiger partial charge on any atom is 0.293 e. The Bertz CT molecular complexity index is 922. The summed E-state index contributed by atoms with van der Waals surface area (Å²) in [5.41, 5.74) is 1.62. The second kappa shape index (κ2) is 7.04. The molecule has 3 aliphatic rings. The van der Waals surface area contributed by atoms with E-state index in [-0.39, 0.29) is 23.7 Å². The molecule has 2 aliphatic heterocycles. The molecule has 4 rings (SSSR count). The highest BCUT2D eigenvalue weighted by Gasteiger charge is 2.41. The number of halogens is 2. The molecule has 1 N–H and O–H groups in total. The molecule has 0 radical (unpaired) electrons. The molecule has 0 amide bonds. The number of nitrogens with one attached hydrogen (secondary N) is 1. The summed E-state index contributed by atoms with van der Waals surface area (Å²) in [6, 6.07) is 5.06. The average Bonchev–Trinajstić information content (AvgIpc) is 3.32. The highest BCUT2D eigenvalue weighted by Crippen LogP contribution is 2.43. The van der Waals surface area contributed by atoms with Crippen molar-refractivity contribution in [1.82, 2.24) is 5.32 Å². The third kappa shape index (κ3) is 3.19. The van der Waals surface area contributed by atoms with Gasteiger partial charge in [-0.3, -0.25) is 5.32 Å². The first-order valence-corrected chi connectivity index (χ1v) is 9.35. The predicted molar refractivity (Wildman–Crippen MR) is 103 cm³/mol. The third-order valence-electron chi connectivity index (χ3n) is 5.94. The van der Waals surface area contributed by atoms with E-state index < -0.39 is 5.41 Å². The van der Waals surface area contributed by atoms with E-state index in [9.17, 15) is 8.78 Å². The summed E-state index contributed by atoms with van der Waals surface area (Å²) in [7, 11) is 0. The number of rotatable bonds is 2. The fourth-order valence-electron chi connectivity index (χ4n) is 3.79. The normalized spacial score (nSPS) is 29.3. The Hall–Kier alpha value is -2.70. The molecule has 1 aromatic rings. The molecule has 0 fully saturated rings. The van der Waals surface area contributed by atoms with Crippen LogP contribution in [0.1, 0.15) is 37.4 Å². The maximum atomic E-state index is 14.0. The molecular weight excluding hydrogens is 364 g/mol. The summed E-state index contributed by atoms with van der Waals surface area (Å²) in [6.07, 6.45) is 4.04. The molecule has 0 aromatic heterocycles. The lowest BCUT2D eigenvalue weighted by Crippen LogP contribution is -2.34. The van der Waals surface area contributed by atoms with Crippen molar-refractivity contribution < 1.29 is 18.3 Å². The number of nitrogens with zero attached hydrogens (tertiary/aromatic N) is 2. The van der Waals surface area contributed by atoms with Crippen molar-refractivity contribution in [1.29, 1.82) is 0 Å². The zero-order valence-corrected chi connectivity index (χ0v) is 16.1. The van der Waals surface area contributed by atoms with Crippen molar-refractivity contribution in [3.63, 3.8) is 0 Å². The quantitative estimate of drug-likeness (QED) is 0.831. The summed E-state index contributed by atoms with van der Waals surface area (Å²) >= 11 is 0. The maximum absolute atomic E-state index is 14.0. The zero-order valence-electron chi connectivity index (χ0n) is 16.1. The van der Waals surface area contributed by atoms with E-state index in [2.05, 4.69) is 15.3 Å². The van der Waals surface area contributed by atoms with Gasteiger partial charge < -0.3 is 9.47 Å². The number of allylic oxidation sites excluding steroid dienone is 3. The Labute approximate surface area is 162 Å². The third-order valence-corrected chi connectivity index (χ3v) is 5.94. The first kappa shape index (κ1) is 18.7. The van der Waals surface area contributed by atoms with Crippen molar-refractivity contribution >= 4 is 12.0 Å². The van der Waals surface area contributed by atoms with Gasteiger partial charge in [0.2, 0.25) is 0 Å². The van der Waals surface area contributed by atoms with Crippen LogP contribution < -0.4 is 5.32 Å². The largest absolute Gasteiger partial charge is 0.463 e. The van der Waals surface area contributed by atoms with E-state index in [1.165, 1.54) is 12.1 Å².